The van der Waals surface area contributed by atoms with Gasteiger partial charge in [-0.15, -0.1) is 0 Å². The largest absolute Gasteiger partial charge is 0.417 e. The van der Waals surface area contributed by atoms with E-state index >= 15 is 0 Å². The fraction of sp³-hybridized carbons (Fsp3) is 0.500. The van der Waals surface area contributed by atoms with Gasteiger partial charge in [0.15, 0.2) is 0 Å². The minimum atomic E-state index is -4.45. The van der Waals surface area contributed by atoms with E-state index in [1.54, 1.807) is 0 Å². The lowest BCUT2D eigenvalue weighted by Crippen LogP contribution is -2.34. The number of hydrogen-bond acceptors (Lipinski definition) is 1. The highest BCUT2D eigenvalue weighted by molar-refractivity contribution is 6.31. The third-order valence-corrected chi connectivity index (χ3v) is 3.88. The third kappa shape index (κ3) is 4.66. The summed E-state index contributed by atoms with van der Waals surface area (Å²) in [5, 5.41) is -0.294. The Bertz CT molecular complexity index is 557. The zero-order chi connectivity index (χ0) is 15.5. The van der Waals surface area contributed by atoms with Crippen LogP contribution < -0.4 is 0 Å². The molecule has 1 aliphatic rings. The van der Waals surface area contributed by atoms with E-state index in [1.165, 1.54) is 18.6 Å². The van der Waals surface area contributed by atoms with Crippen LogP contribution >= 0.6 is 11.6 Å². The summed E-state index contributed by atoms with van der Waals surface area (Å²) in [6.07, 6.45) is -2.06. The van der Waals surface area contributed by atoms with E-state index in [0.29, 0.717) is 18.0 Å². The van der Waals surface area contributed by atoms with E-state index in [9.17, 15) is 13.2 Å². The second-order valence-electron chi connectivity index (χ2n) is 5.48. The quantitative estimate of drug-likeness (QED) is 0.692. The number of rotatable bonds is 1. The predicted octanol–water partition coefficient (Wildman–Crippen LogP) is 4.44. The summed E-state index contributed by atoms with van der Waals surface area (Å²) >= 11 is 5.58. The van der Waals surface area contributed by atoms with Crippen molar-refractivity contribution >= 4 is 11.6 Å². The maximum atomic E-state index is 12.7. The average molecular weight is 316 g/mol. The fourth-order valence-electron chi connectivity index (χ4n) is 2.50. The van der Waals surface area contributed by atoms with Crippen LogP contribution in [0.1, 0.15) is 30.9 Å². The van der Waals surface area contributed by atoms with Gasteiger partial charge >= 0.3 is 6.18 Å². The molecule has 1 aromatic carbocycles. The molecule has 1 fully saturated rings. The summed E-state index contributed by atoms with van der Waals surface area (Å²) in [6, 6.07) is 3.77. The molecule has 1 aliphatic heterocycles. The maximum absolute atomic E-state index is 12.7. The third-order valence-electron chi connectivity index (χ3n) is 3.55. The molecule has 0 bridgehead atoms. The second-order valence-corrected chi connectivity index (χ2v) is 5.88. The van der Waals surface area contributed by atoms with Gasteiger partial charge in [0.2, 0.25) is 0 Å². The van der Waals surface area contributed by atoms with Crippen LogP contribution in [0.2, 0.25) is 5.02 Å². The molecule has 0 radical (unpaired) electrons. The summed E-state index contributed by atoms with van der Waals surface area (Å²) in [5.74, 6) is 6.41. The Morgan fingerprint density at radius 1 is 1.38 bits per heavy atom. The predicted molar refractivity (Wildman–Crippen MR) is 78.2 cm³/mol. The van der Waals surface area contributed by atoms with Crippen molar-refractivity contribution in [2.45, 2.75) is 25.9 Å². The Morgan fingerprint density at radius 2 is 2.14 bits per heavy atom. The molecule has 1 heterocycles. The van der Waals surface area contributed by atoms with Gasteiger partial charge in [-0.05, 0) is 43.5 Å². The minimum Gasteiger partial charge on any atom is -0.292 e. The van der Waals surface area contributed by atoms with Gasteiger partial charge in [0.25, 0.3) is 0 Å². The van der Waals surface area contributed by atoms with E-state index in [1.807, 2.05) is 0 Å². The highest BCUT2D eigenvalue weighted by Gasteiger charge is 2.33. The first-order valence-corrected chi connectivity index (χ1v) is 7.32. The first kappa shape index (κ1) is 16.2. The van der Waals surface area contributed by atoms with Gasteiger partial charge in [-0.3, -0.25) is 4.90 Å². The number of nitrogens with zero attached hydrogens (tertiary/aromatic N) is 1. The zero-order valence-corrected chi connectivity index (χ0v) is 12.6. The van der Waals surface area contributed by atoms with Crippen molar-refractivity contribution < 1.29 is 13.2 Å². The van der Waals surface area contributed by atoms with Crippen molar-refractivity contribution in [3.63, 3.8) is 0 Å². The summed E-state index contributed by atoms with van der Waals surface area (Å²) in [6.45, 7) is 4.80. The van der Waals surface area contributed by atoms with E-state index in [-0.39, 0.29) is 5.02 Å². The lowest BCUT2D eigenvalue weighted by atomic mass is 10.0. The Kier molecular flexibility index (Phi) is 5.18. The average Bonchev–Trinajstić information content (AvgIpc) is 2.39. The van der Waals surface area contributed by atoms with Crippen molar-refractivity contribution in [1.82, 2.24) is 4.90 Å². The van der Waals surface area contributed by atoms with Gasteiger partial charge in [-0.25, -0.2) is 0 Å². The van der Waals surface area contributed by atoms with Gasteiger partial charge < -0.3 is 0 Å². The standard InChI is InChI=1S/C16H17ClF3N/c1-12-4-2-8-21(11-12)9-3-5-13-6-7-15(17)14(10-13)16(18,19)20/h6-7,10,12H,2,4,8-9,11H2,1H3. The van der Waals surface area contributed by atoms with Crippen LogP contribution in [0.25, 0.3) is 0 Å². The Hall–Kier alpha value is -1.18. The van der Waals surface area contributed by atoms with E-state index in [2.05, 4.69) is 23.7 Å². The van der Waals surface area contributed by atoms with Crippen LogP contribution in [0, 0.1) is 17.8 Å². The second kappa shape index (κ2) is 6.72. The molecule has 0 amide bonds. The molecule has 1 unspecified atom stereocenters. The highest BCUT2D eigenvalue weighted by Crippen LogP contribution is 2.34. The summed E-state index contributed by atoms with van der Waals surface area (Å²) in [5.41, 5.74) is -0.487. The number of alkyl halides is 3. The van der Waals surface area contributed by atoms with Crippen molar-refractivity contribution in [3.05, 3.63) is 34.3 Å². The maximum Gasteiger partial charge on any atom is 0.417 e. The fourth-order valence-corrected chi connectivity index (χ4v) is 2.73. The van der Waals surface area contributed by atoms with Gasteiger partial charge in [-0.1, -0.05) is 30.4 Å². The molecule has 5 heteroatoms. The monoisotopic (exact) mass is 315 g/mol. The van der Waals surface area contributed by atoms with Crippen LogP contribution in [0.15, 0.2) is 18.2 Å². The van der Waals surface area contributed by atoms with Gasteiger partial charge in [0.1, 0.15) is 0 Å². The van der Waals surface area contributed by atoms with Crippen LogP contribution in [0.3, 0.4) is 0 Å². The first-order chi connectivity index (χ1) is 9.86. The van der Waals surface area contributed by atoms with E-state index < -0.39 is 11.7 Å². The van der Waals surface area contributed by atoms with Crippen LogP contribution in [0.4, 0.5) is 13.2 Å². The van der Waals surface area contributed by atoms with Crippen LogP contribution in [-0.2, 0) is 6.18 Å². The molecule has 0 N–H and O–H groups in total. The topological polar surface area (TPSA) is 3.24 Å². The number of benzene rings is 1. The van der Waals surface area contributed by atoms with Crippen molar-refractivity contribution in [2.24, 2.45) is 5.92 Å². The Labute approximate surface area is 128 Å². The summed E-state index contributed by atoms with van der Waals surface area (Å²) in [4.78, 5) is 2.24. The molecule has 0 spiro atoms. The number of piperidine rings is 1. The SMILES string of the molecule is CC1CCCN(CC#Cc2ccc(Cl)c(C(F)(F)F)c2)C1. The highest BCUT2D eigenvalue weighted by atomic mass is 35.5. The molecule has 1 saturated heterocycles. The molecule has 0 aliphatic carbocycles. The van der Waals surface area contributed by atoms with Crippen LogP contribution in [0.5, 0.6) is 0 Å². The molecule has 114 valence electrons. The van der Waals surface area contributed by atoms with Gasteiger partial charge in [-0.2, -0.15) is 13.2 Å². The summed E-state index contributed by atoms with van der Waals surface area (Å²) < 4.78 is 38.2. The van der Waals surface area contributed by atoms with Crippen molar-refractivity contribution in [2.75, 3.05) is 19.6 Å². The number of likely N-dealkylation sites (tertiary alicyclic amines) is 1. The normalized spacial score (nSPS) is 20.0. The molecule has 2 rings (SSSR count). The first-order valence-electron chi connectivity index (χ1n) is 6.94. The number of halogens is 4. The van der Waals surface area contributed by atoms with Crippen LogP contribution in [-0.4, -0.2) is 24.5 Å². The van der Waals surface area contributed by atoms with Crippen molar-refractivity contribution in [1.29, 1.82) is 0 Å². The Morgan fingerprint density at radius 3 is 2.81 bits per heavy atom. The molecular weight excluding hydrogens is 299 g/mol. The summed E-state index contributed by atoms with van der Waals surface area (Å²) in [7, 11) is 0. The molecule has 1 atom stereocenters. The van der Waals surface area contributed by atoms with Gasteiger partial charge in [0, 0.05) is 12.1 Å². The molecule has 21 heavy (non-hydrogen) atoms. The molecule has 1 aromatic rings. The molecule has 0 saturated carbocycles. The molecule has 1 nitrogen and oxygen atoms in total. The van der Waals surface area contributed by atoms with Gasteiger partial charge in [0.05, 0.1) is 17.1 Å². The smallest absolute Gasteiger partial charge is 0.292 e. The molecular formula is C16H17ClF3N. The number of hydrogen-bond donors (Lipinski definition) is 0. The minimum absolute atomic E-state index is 0.294. The van der Waals surface area contributed by atoms with Crippen molar-refractivity contribution in [3.8, 4) is 11.8 Å². The van der Waals surface area contributed by atoms with E-state index in [4.69, 9.17) is 11.6 Å². The Balaban J connectivity index is 2.05. The lowest BCUT2D eigenvalue weighted by Gasteiger charge is -2.28. The van der Waals surface area contributed by atoms with E-state index in [0.717, 1.165) is 25.6 Å². The lowest BCUT2D eigenvalue weighted by molar-refractivity contribution is -0.137. The zero-order valence-electron chi connectivity index (χ0n) is 11.8. The molecule has 0 aromatic heterocycles.